The van der Waals surface area contributed by atoms with Crippen LogP contribution in [0.15, 0.2) is 30.3 Å². The molecule has 0 N–H and O–H groups in total. The van der Waals surface area contributed by atoms with Crippen LogP contribution in [0.1, 0.15) is 33.5 Å². The van der Waals surface area contributed by atoms with Gasteiger partial charge in [-0.05, 0) is 41.9 Å². The number of hydrogen-bond acceptors (Lipinski definition) is 5. The average Bonchev–Trinajstić information content (AvgIpc) is 3.08. The number of alkyl halides is 3. The number of benzene rings is 2. The first-order chi connectivity index (χ1) is 15.8. The van der Waals surface area contributed by atoms with Crippen molar-refractivity contribution in [3.05, 3.63) is 77.8 Å². The number of likely N-dealkylation sites (N-methyl/N-ethyl adjacent to an activating group) is 1. The molecule has 6 nitrogen and oxygen atoms in total. The quantitative estimate of drug-likeness (QED) is 0.206. The molecule has 4 rings (SSSR count). The molecular weight excluding hydrogens is 520 g/mol. The predicted octanol–water partition coefficient (Wildman–Crippen LogP) is 5.67. The molecule has 1 fully saturated rings. The minimum absolute atomic E-state index is 0.0151. The van der Waals surface area contributed by atoms with Crippen molar-refractivity contribution in [1.29, 1.82) is 0 Å². The number of halogens is 6. The highest BCUT2D eigenvalue weighted by molar-refractivity contribution is 6.48. The fraction of sp³-hybridized carbons (Fsp3) is 0.409. The highest BCUT2D eigenvalue weighted by Crippen LogP contribution is 2.48. The third kappa shape index (κ3) is 4.18. The molecule has 0 saturated carbocycles. The van der Waals surface area contributed by atoms with Gasteiger partial charge >= 0.3 is 6.18 Å². The number of ketones is 1. The largest absolute Gasteiger partial charge is 0.405 e. The molecule has 2 heterocycles. The molecule has 182 valence electrons. The summed E-state index contributed by atoms with van der Waals surface area (Å²) in [4.78, 5) is 25.5. The number of carbonyl (C=O) groups is 1. The maximum Gasteiger partial charge on any atom is 0.405 e. The minimum Gasteiger partial charge on any atom is -0.363 e. The van der Waals surface area contributed by atoms with E-state index in [0.29, 0.717) is 19.7 Å². The molecule has 2 aromatic rings. The molecule has 0 aliphatic carbocycles. The van der Waals surface area contributed by atoms with Gasteiger partial charge in [0.05, 0.1) is 21.7 Å². The highest BCUT2D eigenvalue weighted by atomic mass is 35.5. The first kappa shape index (κ1) is 25.2. The van der Waals surface area contributed by atoms with Gasteiger partial charge in [-0.25, -0.2) is 0 Å². The Hall–Kier alpha value is -1.91. The zero-order valence-electron chi connectivity index (χ0n) is 17.7. The minimum atomic E-state index is -5.17. The van der Waals surface area contributed by atoms with Gasteiger partial charge < -0.3 is 4.74 Å². The van der Waals surface area contributed by atoms with Crippen LogP contribution in [0.3, 0.4) is 0 Å². The Bertz CT molecular complexity index is 1160. The van der Waals surface area contributed by atoms with E-state index in [1.165, 1.54) is 12.1 Å². The fourth-order valence-corrected chi connectivity index (χ4v) is 5.31. The first-order valence-electron chi connectivity index (χ1n) is 10.1. The smallest absolute Gasteiger partial charge is 0.363 e. The molecule has 12 heteroatoms. The maximum absolute atomic E-state index is 14.5. The summed E-state index contributed by atoms with van der Waals surface area (Å²) < 4.78 is 49.4. The molecule has 34 heavy (non-hydrogen) atoms. The van der Waals surface area contributed by atoms with E-state index in [0.717, 1.165) is 23.3 Å². The number of nitro groups is 1. The summed E-state index contributed by atoms with van der Waals surface area (Å²) in [6, 6.07) is 6.34. The van der Waals surface area contributed by atoms with Gasteiger partial charge in [-0.2, -0.15) is 13.2 Å². The van der Waals surface area contributed by atoms with E-state index in [1.807, 2.05) is 11.9 Å². The van der Waals surface area contributed by atoms with E-state index < -0.39 is 46.4 Å². The lowest BCUT2D eigenvalue weighted by atomic mass is 9.74. The lowest BCUT2D eigenvalue weighted by molar-refractivity contribution is -0.501. The molecule has 0 bridgehead atoms. The van der Waals surface area contributed by atoms with E-state index in [2.05, 4.69) is 0 Å². The Labute approximate surface area is 207 Å². The predicted molar refractivity (Wildman–Crippen MR) is 120 cm³/mol. The SMILES string of the molecule is CN1CC2(C1)OCc1ccc(C(=O)CC(C[N+](=O)[O-])(c3cc(Cl)c(Cl)c(Cl)c3)C(F)(F)F)cc12. The number of ether oxygens (including phenoxy) is 1. The first-order valence-corrected chi connectivity index (χ1v) is 11.2. The third-order valence-electron chi connectivity index (χ3n) is 6.42. The highest BCUT2D eigenvalue weighted by Gasteiger charge is 2.61. The van der Waals surface area contributed by atoms with Crippen molar-refractivity contribution in [3.8, 4) is 0 Å². The summed E-state index contributed by atoms with van der Waals surface area (Å²) in [5, 5.41) is 10.6. The van der Waals surface area contributed by atoms with Gasteiger partial charge in [-0.15, -0.1) is 0 Å². The molecule has 2 aromatic carbocycles. The zero-order valence-corrected chi connectivity index (χ0v) is 20.0. The maximum atomic E-state index is 14.5. The van der Waals surface area contributed by atoms with Gasteiger partial charge in [-0.1, -0.05) is 46.9 Å². The van der Waals surface area contributed by atoms with E-state index in [9.17, 15) is 28.1 Å². The summed E-state index contributed by atoms with van der Waals surface area (Å²) in [6.07, 6.45) is -6.38. The Kier molecular flexibility index (Phi) is 6.40. The second-order valence-corrected chi connectivity index (χ2v) is 9.94. The summed E-state index contributed by atoms with van der Waals surface area (Å²) in [6.45, 7) is -0.0625. The van der Waals surface area contributed by atoms with Crippen LogP contribution in [0, 0.1) is 10.1 Å². The lowest BCUT2D eigenvalue weighted by Crippen LogP contribution is -2.57. The van der Waals surface area contributed by atoms with Crippen molar-refractivity contribution in [2.24, 2.45) is 0 Å². The zero-order chi connectivity index (χ0) is 25.1. The van der Waals surface area contributed by atoms with Crippen LogP contribution in [-0.4, -0.2) is 48.5 Å². The second kappa shape index (κ2) is 8.64. The van der Waals surface area contributed by atoms with E-state index in [1.54, 1.807) is 6.07 Å². The molecule has 1 spiro atoms. The van der Waals surface area contributed by atoms with Gasteiger partial charge in [0.15, 0.2) is 11.2 Å². The molecule has 1 unspecified atom stereocenters. The fourth-order valence-electron chi connectivity index (χ4n) is 4.71. The molecule has 2 aliphatic heterocycles. The van der Waals surface area contributed by atoms with Crippen LogP contribution in [0.4, 0.5) is 13.2 Å². The monoisotopic (exact) mass is 536 g/mol. The molecule has 1 atom stereocenters. The summed E-state index contributed by atoms with van der Waals surface area (Å²) >= 11 is 17.7. The number of nitrogens with zero attached hydrogens (tertiary/aromatic N) is 2. The Morgan fingerprint density at radius 1 is 1.18 bits per heavy atom. The van der Waals surface area contributed by atoms with Crippen molar-refractivity contribution in [3.63, 3.8) is 0 Å². The van der Waals surface area contributed by atoms with E-state index in [-0.39, 0.29) is 20.6 Å². The van der Waals surface area contributed by atoms with Gasteiger partial charge in [0.25, 0.3) is 0 Å². The van der Waals surface area contributed by atoms with Crippen LogP contribution in [0.2, 0.25) is 15.1 Å². The van der Waals surface area contributed by atoms with Crippen molar-refractivity contribution in [2.45, 2.75) is 30.2 Å². The van der Waals surface area contributed by atoms with Crippen LogP contribution >= 0.6 is 34.8 Å². The van der Waals surface area contributed by atoms with E-state index >= 15 is 0 Å². The normalized spacial score (nSPS) is 18.9. The van der Waals surface area contributed by atoms with Gasteiger partial charge in [-0.3, -0.25) is 19.8 Å². The summed E-state index contributed by atoms with van der Waals surface area (Å²) in [7, 11) is 1.90. The number of Topliss-reactive ketones (excluding diaryl/α,β-unsaturated/α-hetero) is 1. The average molecular weight is 538 g/mol. The third-order valence-corrected chi connectivity index (χ3v) is 7.61. The van der Waals surface area contributed by atoms with Crippen molar-refractivity contribution < 1.29 is 27.6 Å². The van der Waals surface area contributed by atoms with E-state index in [4.69, 9.17) is 39.5 Å². The Morgan fingerprint density at radius 2 is 1.79 bits per heavy atom. The molecule has 0 radical (unpaired) electrons. The van der Waals surface area contributed by atoms with Gasteiger partial charge in [0, 0.05) is 30.0 Å². The second-order valence-electron chi connectivity index (χ2n) is 8.75. The Morgan fingerprint density at radius 3 is 2.32 bits per heavy atom. The van der Waals surface area contributed by atoms with Crippen molar-refractivity contribution >= 4 is 40.6 Å². The molecular formula is C22H18Cl3F3N2O4. The molecule has 1 saturated heterocycles. The Balaban J connectivity index is 1.77. The van der Waals surface area contributed by atoms with Gasteiger partial charge in [0.2, 0.25) is 6.54 Å². The summed E-state index contributed by atoms with van der Waals surface area (Å²) in [5.41, 5.74) is -2.75. The van der Waals surface area contributed by atoms with Crippen LogP contribution in [0.25, 0.3) is 0 Å². The lowest BCUT2D eigenvalue weighted by Gasteiger charge is -2.45. The molecule has 0 aromatic heterocycles. The van der Waals surface area contributed by atoms with Gasteiger partial charge in [0.1, 0.15) is 5.60 Å². The van der Waals surface area contributed by atoms with Crippen LogP contribution in [-0.2, 0) is 22.4 Å². The topological polar surface area (TPSA) is 72.7 Å². The van der Waals surface area contributed by atoms with Crippen molar-refractivity contribution in [2.75, 3.05) is 26.7 Å². The number of carbonyl (C=O) groups excluding carboxylic acids is 1. The molecule has 2 aliphatic rings. The van der Waals surface area contributed by atoms with Crippen LogP contribution < -0.4 is 0 Å². The number of likely N-dealkylation sites (tertiary alicyclic amines) is 1. The number of fused-ring (bicyclic) bond motifs is 2. The summed E-state index contributed by atoms with van der Waals surface area (Å²) in [5.74, 6) is -0.904. The standard InChI is InChI=1S/C22H18Cl3F3N2O4/c1-29-10-21(11-29)15-4-12(2-3-13(15)8-34-21)18(31)7-20(9-30(32)33,22(26,27)28)14-5-16(23)19(25)17(24)6-14/h2-6H,7-11H2,1H3. The van der Waals surface area contributed by atoms with Crippen molar-refractivity contribution in [1.82, 2.24) is 4.90 Å². The number of rotatable bonds is 6. The number of hydrogen-bond donors (Lipinski definition) is 0. The molecule has 0 amide bonds. The van der Waals surface area contributed by atoms with Crippen LogP contribution in [0.5, 0.6) is 0 Å².